The topological polar surface area (TPSA) is 96.1 Å². The number of aromatic nitrogens is 5. The van der Waals surface area contributed by atoms with Gasteiger partial charge in [-0.2, -0.15) is 10.5 Å². The lowest BCUT2D eigenvalue weighted by molar-refractivity contribution is 1.07. The molecule has 0 atom stereocenters. The predicted molar refractivity (Wildman–Crippen MR) is 291 cm³/mol. The van der Waals surface area contributed by atoms with Gasteiger partial charge in [-0.25, -0.2) is 15.0 Å². The summed E-state index contributed by atoms with van der Waals surface area (Å²) in [6.07, 6.45) is 0. The molecule has 0 unspecified atom stereocenters. The zero-order valence-electron chi connectivity index (χ0n) is 38.6. The van der Waals surface area contributed by atoms with Gasteiger partial charge in [-0.15, -0.1) is 0 Å². The zero-order valence-corrected chi connectivity index (χ0v) is 38.6. The quantitative estimate of drug-likeness (QED) is 0.151. The molecule has 0 aliphatic heterocycles. The number of hydrogen-bond donors (Lipinski definition) is 0. The minimum Gasteiger partial charge on any atom is -0.309 e. The Bertz CT molecular complexity index is 4330. The second kappa shape index (κ2) is 17.4. The van der Waals surface area contributed by atoms with Crippen LogP contribution in [-0.2, 0) is 0 Å². The first-order valence-electron chi connectivity index (χ1n) is 23.8. The molecule has 7 nitrogen and oxygen atoms in total. The standard InChI is InChI=1S/C65H39N7/c66-40-42-24-26-45(27-25-42)52-33-30-50(39-62(52)72-58-23-13-11-21-54(58)56-37-48(32-35-60(56)72)44-16-6-2-7-17-44)65-69-63(46-18-8-3-9-19-46)68-64(70-65)49-28-29-51(41-67)61(38-49)71-57-22-12-10-20-53(57)55-36-47(31-34-59(55)71)43-14-4-1-5-15-43/h1-39H. The van der Waals surface area contributed by atoms with Crippen molar-refractivity contribution in [3.05, 3.63) is 248 Å². The van der Waals surface area contributed by atoms with Crippen molar-refractivity contribution in [2.75, 3.05) is 0 Å². The van der Waals surface area contributed by atoms with E-state index in [-0.39, 0.29) is 0 Å². The minimum absolute atomic E-state index is 0.472. The normalized spacial score (nSPS) is 11.3. The van der Waals surface area contributed by atoms with Crippen LogP contribution in [0, 0.1) is 22.7 Å². The number of rotatable bonds is 8. The highest BCUT2D eigenvalue weighted by atomic mass is 15.0. The van der Waals surface area contributed by atoms with Gasteiger partial charge in [-0.05, 0) is 101 Å². The highest BCUT2D eigenvalue weighted by molar-refractivity contribution is 6.12. The maximum absolute atomic E-state index is 10.7. The Morgan fingerprint density at radius 2 is 0.708 bits per heavy atom. The van der Waals surface area contributed by atoms with Crippen LogP contribution in [-0.4, -0.2) is 24.1 Å². The van der Waals surface area contributed by atoms with Crippen molar-refractivity contribution in [2.24, 2.45) is 0 Å². The molecule has 0 amide bonds. The van der Waals surface area contributed by atoms with Gasteiger partial charge in [-0.3, -0.25) is 0 Å². The summed E-state index contributed by atoms with van der Waals surface area (Å²) in [7, 11) is 0. The Balaban J connectivity index is 1.02. The third kappa shape index (κ3) is 7.17. The molecule has 0 aliphatic carbocycles. The Labute approximate surface area is 415 Å². The summed E-state index contributed by atoms with van der Waals surface area (Å²) in [6, 6.07) is 85.7. The van der Waals surface area contributed by atoms with Gasteiger partial charge in [0.1, 0.15) is 6.07 Å². The van der Waals surface area contributed by atoms with Crippen LogP contribution in [0.4, 0.5) is 0 Å². The fourth-order valence-corrected chi connectivity index (χ4v) is 10.2. The van der Waals surface area contributed by atoms with E-state index in [1.807, 2.05) is 91.0 Å². The van der Waals surface area contributed by atoms with E-state index >= 15 is 0 Å². The first kappa shape index (κ1) is 41.9. The Morgan fingerprint density at radius 3 is 1.24 bits per heavy atom. The van der Waals surface area contributed by atoms with Gasteiger partial charge in [-0.1, -0.05) is 164 Å². The average Bonchev–Trinajstić information content (AvgIpc) is 3.97. The molecule has 3 aromatic heterocycles. The molecule has 0 saturated carbocycles. The average molecular weight is 918 g/mol. The Hall–Kier alpha value is -10.2. The monoisotopic (exact) mass is 917 g/mol. The first-order valence-corrected chi connectivity index (χ1v) is 23.8. The summed E-state index contributed by atoms with van der Waals surface area (Å²) in [5.41, 5.74) is 15.7. The Morgan fingerprint density at radius 1 is 0.292 bits per heavy atom. The first-order chi connectivity index (χ1) is 35.6. The van der Waals surface area contributed by atoms with Gasteiger partial charge in [0.2, 0.25) is 0 Å². The van der Waals surface area contributed by atoms with Gasteiger partial charge in [0.15, 0.2) is 17.5 Å². The number of para-hydroxylation sites is 2. The van der Waals surface area contributed by atoms with E-state index in [1.54, 1.807) is 0 Å². The van der Waals surface area contributed by atoms with Crippen LogP contribution in [0.15, 0.2) is 237 Å². The number of nitrogens with zero attached hydrogens (tertiary/aromatic N) is 7. The molecule has 0 saturated heterocycles. The van der Waals surface area contributed by atoms with E-state index in [0.717, 1.165) is 105 Å². The van der Waals surface area contributed by atoms with Gasteiger partial charge < -0.3 is 9.13 Å². The molecule has 334 valence electrons. The van der Waals surface area contributed by atoms with Crippen molar-refractivity contribution in [3.8, 4) is 91.1 Å². The molecular formula is C65H39N7. The molecule has 72 heavy (non-hydrogen) atoms. The lowest BCUT2D eigenvalue weighted by atomic mass is 9.99. The number of nitriles is 2. The van der Waals surface area contributed by atoms with Crippen molar-refractivity contribution in [3.63, 3.8) is 0 Å². The fourth-order valence-electron chi connectivity index (χ4n) is 10.2. The van der Waals surface area contributed by atoms with E-state index in [4.69, 9.17) is 15.0 Å². The lowest BCUT2D eigenvalue weighted by Crippen LogP contribution is -2.03. The van der Waals surface area contributed by atoms with Crippen molar-refractivity contribution in [1.29, 1.82) is 10.5 Å². The second-order valence-corrected chi connectivity index (χ2v) is 17.8. The fraction of sp³-hybridized carbons (Fsp3) is 0. The zero-order chi connectivity index (χ0) is 48.1. The van der Waals surface area contributed by atoms with Crippen LogP contribution in [0.3, 0.4) is 0 Å². The second-order valence-electron chi connectivity index (χ2n) is 17.8. The van der Waals surface area contributed by atoms with E-state index in [2.05, 4.69) is 167 Å². The van der Waals surface area contributed by atoms with Gasteiger partial charge in [0.25, 0.3) is 0 Å². The number of benzene rings is 10. The summed E-state index contributed by atoms with van der Waals surface area (Å²) in [5.74, 6) is 1.49. The van der Waals surface area contributed by atoms with Crippen LogP contribution in [0.1, 0.15) is 11.1 Å². The molecule has 13 rings (SSSR count). The highest BCUT2D eigenvalue weighted by Crippen LogP contribution is 2.41. The third-order valence-electron chi connectivity index (χ3n) is 13.7. The van der Waals surface area contributed by atoms with Gasteiger partial charge >= 0.3 is 0 Å². The summed E-state index contributed by atoms with van der Waals surface area (Å²) in [6.45, 7) is 0. The Kier molecular flexibility index (Phi) is 10.1. The smallest absolute Gasteiger partial charge is 0.164 e. The summed E-state index contributed by atoms with van der Waals surface area (Å²) in [4.78, 5) is 15.7. The summed E-state index contributed by atoms with van der Waals surface area (Å²) >= 11 is 0. The SMILES string of the molecule is N#Cc1ccc(-c2ccc(-c3nc(-c4ccccc4)nc(-c4ccc(C#N)c(-n5c6ccccc6c6cc(-c7ccccc7)ccc65)c4)n3)cc2-n2c3ccccc3c3cc(-c4ccccc4)ccc32)cc1. The van der Waals surface area contributed by atoms with Crippen LogP contribution in [0.2, 0.25) is 0 Å². The molecule has 7 heteroatoms. The number of hydrogen-bond acceptors (Lipinski definition) is 5. The molecule has 3 heterocycles. The molecule has 0 N–H and O–H groups in total. The van der Waals surface area contributed by atoms with Crippen LogP contribution in [0.5, 0.6) is 0 Å². The molecule has 10 aromatic carbocycles. The molecular weight excluding hydrogens is 879 g/mol. The molecule has 0 aliphatic rings. The van der Waals surface area contributed by atoms with E-state index in [9.17, 15) is 10.5 Å². The van der Waals surface area contributed by atoms with Crippen LogP contribution in [0.25, 0.3) is 123 Å². The third-order valence-corrected chi connectivity index (χ3v) is 13.7. The molecule has 0 fully saturated rings. The number of fused-ring (bicyclic) bond motifs is 6. The summed E-state index contributed by atoms with van der Waals surface area (Å²) < 4.78 is 4.52. The molecule has 0 bridgehead atoms. The van der Waals surface area contributed by atoms with Gasteiger partial charge in [0, 0.05) is 43.8 Å². The van der Waals surface area contributed by atoms with Crippen molar-refractivity contribution in [2.45, 2.75) is 0 Å². The van der Waals surface area contributed by atoms with Crippen molar-refractivity contribution in [1.82, 2.24) is 24.1 Å². The van der Waals surface area contributed by atoms with E-state index in [1.165, 1.54) is 0 Å². The maximum atomic E-state index is 10.7. The lowest BCUT2D eigenvalue weighted by Gasteiger charge is -2.17. The van der Waals surface area contributed by atoms with Crippen molar-refractivity contribution < 1.29 is 0 Å². The highest BCUT2D eigenvalue weighted by Gasteiger charge is 2.22. The molecule has 0 radical (unpaired) electrons. The molecule has 0 spiro atoms. The van der Waals surface area contributed by atoms with Gasteiger partial charge in [0.05, 0.1) is 50.6 Å². The summed E-state index contributed by atoms with van der Waals surface area (Å²) in [5, 5.41) is 24.9. The van der Waals surface area contributed by atoms with Crippen LogP contribution < -0.4 is 0 Å². The minimum atomic E-state index is 0.472. The predicted octanol–water partition coefficient (Wildman–Crippen LogP) is 15.8. The maximum Gasteiger partial charge on any atom is 0.164 e. The van der Waals surface area contributed by atoms with Crippen LogP contribution >= 0.6 is 0 Å². The van der Waals surface area contributed by atoms with Crippen molar-refractivity contribution >= 4 is 43.6 Å². The largest absolute Gasteiger partial charge is 0.309 e. The molecule has 13 aromatic rings. The van der Waals surface area contributed by atoms with E-state index < -0.39 is 0 Å². The van der Waals surface area contributed by atoms with E-state index in [0.29, 0.717) is 28.6 Å².